The van der Waals surface area contributed by atoms with Crippen molar-refractivity contribution in [3.63, 3.8) is 0 Å². The van der Waals surface area contributed by atoms with E-state index >= 15 is 0 Å². The molecule has 3 nitrogen and oxygen atoms in total. The van der Waals surface area contributed by atoms with Crippen LogP contribution in [0.5, 0.6) is 0 Å². The van der Waals surface area contributed by atoms with Crippen LogP contribution in [0.4, 0.5) is 22.7 Å². The van der Waals surface area contributed by atoms with Crippen LogP contribution in [0.15, 0.2) is 91.1 Å². The first-order valence-corrected chi connectivity index (χ1v) is 16.5. The first kappa shape index (κ1) is 33.2. The first-order chi connectivity index (χ1) is 21.9. The predicted molar refractivity (Wildman–Crippen MR) is 192 cm³/mol. The number of hydrogen-bond acceptors (Lipinski definition) is 3. The van der Waals surface area contributed by atoms with E-state index in [0.29, 0.717) is 0 Å². The molecule has 0 N–H and O–H groups in total. The van der Waals surface area contributed by atoms with E-state index in [4.69, 9.17) is 0 Å². The molecule has 0 unspecified atom stereocenters. The summed E-state index contributed by atoms with van der Waals surface area (Å²) < 4.78 is 0. The zero-order chi connectivity index (χ0) is 32.4. The molecule has 240 valence electrons. The van der Waals surface area contributed by atoms with Crippen LogP contribution in [0.2, 0.25) is 0 Å². The summed E-state index contributed by atoms with van der Waals surface area (Å²) in [4.78, 5) is 9.00. The molecular formula is C43H44IrN3. The maximum atomic E-state index is 4.22. The van der Waals surface area contributed by atoms with Gasteiger partial charge in [-0.1, -0.05) is 89.4 Å². The quantitative estimate of drug-likeness (QED) is 0.166. The Morgan fingerprint density at radius 1 is 0.723 bits per heavy atom. The molecule has 4 aromatic carbocycles. The average molecular weight is 795 g/mol. The summed E-state index contributed by atoms with van der Waals surface area (Å²) in [6.07, 6.45) is 4.22. The maximum absolute atomic E-state index is 4.22. The Kier molecular flexibility index (Phi) is 8.52. The molecule has 3 heterocycles. The molecule has 2 aliphatic heterocycles. The molecule has 0 amide bonds. The van der Waals surface area contributed by atoms with E-state index in [1.54, 1.807) is 11.8 Å². The largest absolute Gasteiger partial charge is 3.00 e. The van der Waals surface area contributed by atoms with E-state index in [0.717, 1.165) is 11.3 Å². The fourth-order valence-electron chi connectivity index (χ4n) is 7.85. The molecule has 0 radical (unpaired) electrons. The summed E-state index contributed by atoms with van der Waals surface area (Å²) in [7, 11) is 0. The van der Waals surface area contributed by atoms with Crippen molar-refractivity contribution < 1.29 is 20.1 Å². The Bertz CT molecular complexity index is 1870. The second-order valence-electron chi connectivity index (χ2n) is 15.1. The maximum Gasteiger partial charge on any atom is 3.00 e. The summed E-state index contributed by atoms with van der Waals surface area (Å²) in [5.74, 6) is 0. The van der Waals surface area contributed by atoms with Crippen molar-refractivity contribution in [1.29, 1.82) is 0 Å². The number of para-hydroxylation sites is 1. The molecule has 0 saturated carbocycles. The van der Waals surface area contributed by atoms with E-state index in [1.807, 2.05) is 42.5 Å². The number of pyridine rings is 1. The topological polar surface area (TPSA) is 19.4 Å². The molecule has 47 heavy (non-hydrogen) atoms. The van der Waals surface area contributed by atoms with Crippen LogP contribution in [0.25, 0.3) is 11.3 Å². The van der Waals surface area contributed by atoms with Gasteiger partial charge in [0.25, 0.3) is 0 Å². The van der Waals surface area contributed by atoms with E-state index < -0.39 is 0 Å². The number of nitrogens with zero attached hydrogens (tertiary/aromatic N) is 3. The Labute approximate surface area is 295 Å². The van der Waals surface area contributed by atoms with Crippen LogP contribution in [0.3, 0.4) is 0 Å². The van der Waals surface area contributed by atoms with Crippen molar-refractivity contribution in [1.82, 2.24) is 4.98 Å². The Balaban J connectivity index is 0.000000250. The number of hydrogen-bond donors (Lipinski definition) is 0. The zero-order valence-electron chi connectivity index (χ0n) is 28.8. The van der Waals surface area contributed by atoms with Crippen LogP contribution in [0.1, 0.15) is 87.8 Å². The Morgan fingerprint density at radius 3 is 2.13 bits per heavy atom. The minimum Gasteiger partial charge on any atom is -0.493 e. The number of benzene rings is 4. The molecule has 0 spiro atoms. The van der Waals surface area contributed by atoms with Crippen molar-refractivity contribution >= 4 is 22.7 Å². The van der Waals surface area contributed by atoms with Crippen LogP contribution in [0, 0.1) is 32.6 Å². The number of aromatic nitrogens is 1. The molecule has 5 aromatic rings. The summed E-state index contributed by atoms with van der Waals surface area (Å²) >= 11 is 0. The van der Waals surface area contributed by atoms with Gasteiger partial charge in [0, 0.05) is 23.3 Å². The van der Waals surface area contributed by atoms with Gasteiger partial charge in [0.1, 0.15) is 0 Å². The third kappa shape index (κ3) is 5.64. The second-order valence-corrected chi connectivity index (χ2v) is 15.1. The zero-order valence-corrected chi connectivity index (χ0v) is 31.2. The molecule has 0 fully saturated rings. The molecular weight excluding hydrogens is 751 g/mol. The van der Waals surface area contributed by atoms with E-state index in [9.17, 15) is 0 Å². The van der Waals surface area contributed by atoms with Crippen LogP contribution in [-0.4, -0.2) is 4.98 Å². The third-order valence-corrected chi connectivity index (χ3v) is 10.3. The van der Waals surface area contributed by atoms with Crippen molar-refractivity contribution in [3.05, 3.63) is 143 Å². The van der Waals surface area contributed by atoms with Crippen molar-refractivity contribution in [2.75, 3.05) is 9.80 Å². The molecule has 3 aliphatic rings. The third-order valence-electron chi connectivity index (χ3n) is 10.3. The van der Waals surface area contributed by atoms with E-state index in [2.05, 4.69) is 131 Å². The SMILES string of the molecule is Cc1cc(C)cc(N2[CH-]N3c4[c-]cc5c(c4C(C)(C)c4cccc2c43)C(C)(C)CCC5(C)C)c1.[Ir+3].[c-]1ccccc1-c1ccccn1. The summed E-state index contributed by atoms with van der Waals surface area (Å²) in [6, 6.07) is 36.6. The van der Waals surface area contributed by atoms with Gasteiger partial charge in [0.05, 0.1) is 0 Å². The van der Waals surface area contributed by atoms with Crippen molar-refractivity contribution in [3.8, 4) is 11.3 Å². The van der Waals surface area contributed by atoms with Gasteiger partial charge in [-0.05, 0) is 77.7 Å². The van der Waals surface area contributed by atoms with Crippen LogP contribution in [-0.2, 0) is 36.4 Å². The fraction of sp³-hybridized carbons (Fsp3) is 0.302. The molecule has 8 rings (SSSR count). The number of rotatable bonds is 2. The Hall–Kier alpha value is -3.72. The van der Waals surface area contributed by atoms with Gasteiger partial charge < -0.3 is 14.8 Å². The van der Waals surface area contributed by atoms with E-state index in [-0.39, 0.29) is 36.4 Å². The molecule has 0 atom stereocenters. The summed E-state index contributed by atoms with van der Waals surface area (Å²) in [5.41, 5.74) is 15.7. The predicted octanol–water partition coefficient (Wildman–Crippen LogP) is 11.0. The van der Waals surface area contributed by atoms with Gasteiger partial charge >= 0.3 is 20.1 Å². The van der Waals surface area contributed by atoms with Gasteiger partial charge in [0.15, 0.2) is 0 Å². The first-order valence-electron chi connectivity index (χ1n) is 16.5. The standard InChI is InChI=1S/C32H36N2.C11H8N.Ir/c1-20-16-21(2)18-22(17-20)33-19-34-25-13-12-23-27(31(5,6)15-14-30(23,3)4)28(25)32(7,8)24-10-9-11-26(33)29(24)34;1-2-6-10(7-3-1)11-8-4-5-9-12-11;/h9-12,16-19H,14-15H2,1-8H3;1-6,8-9H;/q-2;-1;+3. The molecule has 1 aromatic heterocycles. The van der Waals surface area contributed by atoms with Crippen molar-refractivity contribution in [2.45, 2.75) is 84.5 Å². The minimum absolute atomic E-state index is 0. The Morgan fingerprint density at radius 2 is 1.45 bits per heavy atom. The summed E-state index contributed by atoms with van der Waals surface area (Å²) in [5, 5.41) is 0. The summed E-state index contributed by atoms with van der Waals surface area (Å²) in [6.45, 7) is 21.2. The normalized spacial score (nSPS) is 17.4. The van der Waals surface area contributed by atoms with Crippen LogP contribution >= 0.6 is 0 Å². The fourth-order valence-corrected chi connectivity index (χ4v) is 7.85. The van der Waals surface area contributed by atoms with Gasteiger partial charge in [-0.15, -0.1) is 59.3 Å². The molecule has 4 heteroatoms. The van der Waals surface area contributed by atoms with Crippen LogP contribution < -0.4 is 9.80 Å². The molecule has 0 bridgehead atoms. The number of fused-ring (bicyclic) bond motifs is 4. The number of anilines is 4. The molecule has 0 saturated heterocycles. The second kappa shape index (κ2) is 12.1. The average Bonchev–Trinajstić information content (AvgIpc) is 3.43. The van der Waals surface area contributed by atoms with Gasteiger partial charge in [0.2, 0.25) is 0 Å². The van der Waals surface area contributed by atoms with Gasteiger partial charge in [-0.2, -0.15) is 12.1 Å². The van der Waals surface area contributed by atoms with Gasteiger partial charge in [-0.3, -0.25) is 0 Å². The minimum atomic E-state index is -0.101. The molecule has 1 aliphatic carbocycles. The van der Waals surface area contributed by atoms with Gasteiger partial charge in [-0.25, -0.2) is 0 Å². The monoisotopic (exact) mass is 795 g/mol. The van der Waals surface area contributed by atoms with E-state index in [1.165, 1.54) is 63.4 Å². The van der Waals surface area contributed by atoms with Crippen molar-refractivity contribution in [2.24, 2.45) is 0 Å². The smallest absolute Gasteiger partial charge is 0.493 e. The number of aryl methyl sites for hydroxylation is 2.